The van der Waals surface area contributed by atoms with Crippen molar-refractivity contribution in [1.29, 1.82) is 0 Å². The molecule has 5 aromatic rings. The third-order valence-electron chi connectivity index (χ3n) is 5.72. The molecule has 1 aromatic carbocycles. The van der Waals surface area contributed by atoms with Crippen LogP contribution in [0.4, 0.5) is 17.6 Å². The van der Waals surface area contributed by atoms with Gasteiger partial charge in [0.15, 0.2) is 0 Å². The number of amides is 1. The predicted octanol–water partition coefficient (Wildman–Crippen LogP) is 4.41. The Bertz CT molecular complexity index is 1590. The lowest BCUT2D eigenvalue weighted by atomic mass is 10.0. The van der Waals surface area contributed by atoms with Crippen LogP contribution in [0.25, 0.3) is 21.8 Å². The van der Waals surface area contributed by atoms with Crippen molar-refractivity contribution in [1.82, 2.24) is 35.0 Å². The van der Waals surface area contributed by atoms with Gasteiger partial charge >= 0.3 is 18.0 Å². The highest BCUT2D eigenvalue weighted by Crippen LogP contribution is 2.38. The standard InChI is InChI=1S/C22H13F4N7O2S/c23-11-2-1-3-14-15(11)30-20(36-14)17-16-12(28-9-29-16)6-7-33(17)21(34)19-32-31-18(35-19)13-5-4-10(8-27-13)22(24,25)26/h1-5,8-9,17H,6-7H2,(H,28,29)/t17-/m0/s1. The number of alkyl halides is 3. The highest BCUT2D eigenvalue weighted by Gasteiger charge is 2.39. The Balaban J connectivity index is 1.35. The molecule has 0 radical (unpaired) electrons. The largest absolute Gasteiger partial charge is 0.417 e. The molecule has 1 aliphatic heterocycles. The number of hydrogen-bond acceptors (Lipinski definition) is 8. The van der Waals surface area contributed by atoms with Crippen LogP contribution >= 0.6 is 11.3 Å². The molecule has 0 spiro atoms. The van der Waals surface area contributed by atoms with Gasteiger partial charge < -0.3 is 14.3 Å². The monoisotopic (exact) mass is 515 g/mol. The van der Waals surface area contributed by atoms with Gasteiger partial charge in [-0.1, -0.05) is 6.07 Å². The number of imidazole rings is 1. The van der Waals surface area contributed by atoms with Crippen molar-refractivity contribution in [2.24, 2.45) is 0 Å². The van der Waals surface area contributed by atoms with Crippen LogP contribution in [-0.2, 0) is 12.6 Å². The fourth-order valence-corrected chi connectivity index (χ4v) is 5.12. The lowest BCUT2D eigenvalue weighted by molar-refractivity contribution is -0.137. The number of rotatable bonds is 3. The predicted molar refractivity (Wildman–Crippen MR) is 117 cm³/mol. The van der Waals surface area contributed by atoms with Gasteiger partial charge in [-0.25, -0.2) is 14.4 Å². The number of H-pyrrole nitrogens is 1. The van der Waals surface area contributed by atoms with Crippen molar-refractivity contribution in [2.75, 3.05) is 6.54 Å². The number of aromatic amines is 1. The number of fused-ring (bicyclic) bond motifs is 2. The van der Waals surface area contributed by atoms with E-state index in [1.165, 1.54) is 28.6 Å². The smallest absolute Gasteiger partial charge is 0.411 e. The molecule has 1 atom stereocenters. The van der Waals surface area contributed by atoms with Crippen molar-refractivity contribution in [3.63, 3.8) is 0 Å². The van der Waals surface area contributed by atoms with Gasteiger partial charge in [0.2, 0.25) is 0 Å². The minimum Gasteiger partial charge on any atom is -0.411 e. The fraction of sp³-hybridized carbons (Fsp3) is 0.182. The molecule has 0 aliphatic carbocycles. The average molecular weight is 515 g/mol. The topological polar surface area (TPSA) is 114 Å². The number of nitrogens with zero attached hydrogens (tertiary/aromatic N) is 6. The summed E-state index contributed by atoms with van der Waals surface area (Å²) >= 11 is 1.24. The number of thiazole rings is 1. The van der Waals surface area contributed by atoms with E-state index >= 15 is 0 Å². The van der Waals surface area contributed by atoms with E-state index in [-0.39, 0.29) is 29.5 Å². The summed E-state index contributed by atoms with van der Waals surface area (Å²) in [6, 6.07) is 5.81. The summed E-state index contributed by atoms with van der Waals surface area (Å²) in [5.74, 6) is -1.68. The molecule has 14 heteroatoms. The molecule has 9 nitrogen and oxygen atoms in total. The fourth-order valence-electron chi connectivity index (χ4n) is 4.02. The quantitative estimate of drug-likeness (QED) is 0.354. The lowest BCUT2D eigenvalue weighted by Crippen LogP contribution is -2.41. The number of aromatic nitrogens is 6. The number of nitrogens with one attached hydrogen (secondary N) is 1. The molecule has 4 aromatic heterocycles. The number of hydrogen-bond donors (Lipinski definition) is 1. The Morgan fingerprint density at radius 2 is 2.03 bits per heavy atom. The van der Waals surface area contributed by atoms with Crippen molar-refractivity contribution in [3.05, 3.63) is 76.5 Å². The number of para-hydroxylation sites is 1. The maximum atomic E-state index is 14.3. The molecule has 0 saturated heterocycles. The minimum atomic E-state index is -4.54. The third-order valence-corrected chi connectivity index (χ3v) is 6.80. The molecule has 36 heavy (non-hydrogen) atoms. The normalized spacial score (nSPS) is 15.9. The lowest BCUT2D eigenvalue weighted by Gasteiger charge is -2.32. The molecule has 0 fully saturated rings. The van der Waals surface area contributed by atoms with E-state index in [2.05, 4.69) is 30.1 Å². The first-order valence-electron chi connectivity index (χ1n) is 10.5. The summed E-state index contributed by atoms with van der Waals surface area (Å²) in [7, 11) is 0. The van der Waals surface area contributed by atoms with Crippen molar-refractivity contribution < 1.29 is 26.8 Å². The van der Waals surface area contributed by atoms with E-state index in [1.54, 1.807) is 12.1 Å². The van der Waals surface area contributed by atoms with Crippen LogP contribution in [0.2, 0.25) is 0 Å². The van der Waals surface area contributed by atoms with Crippen LogP contribution in [0.1, 0.15) is 38.7 Å². The van der Waals surface area contributed by atoms with Crippen molar-refractivity contribution in [3.8, 4) is 11.6 Å². The van der Waals surface area contributed by atoms with Gasteiger partial charge in [0, 0.05) is 24.9 Å². The molecular weight excluding hydrogens is 502 g/mol. The second kappa shape index (κ2) is 8.19. The van der Waals surface area contributed by atoms with Crippen LogP contribution in [0, 0.1) is 5.82 Å². The van der Waals surface area contributed by atoms with Crippen LogP contribution in [0.5, 0.6) is 0 Å². The minimum absolute atomic E-state index is 0.0130. The van der Waals surface area contributed by atoms with Gasteiger partial charge in [-0.3, -0.25) is 9.78 Å². The molecule has 5 heterocycles. The van der Waals surface area contributed by atoms with E-state index in [0.717, 1.165) is 17.8 Å². The van der Waals surface area contributed by atoms with Crippen LogP contribution in [0.15, 0.2) is 47.3 Å². The molecule has 0 unspecified atom stereocenters. The highest BCUT2D eigenvalue weighted by molar-refractivity contribution is 7.18. The maximum absolute atomic E-state index is 14.3. The molecule has 1 N–H and O–H groups in total. The Morgan fingerprint density at radius 3 is 2.78 bits per heavy atom. The summed E-state index contributed by atoms with van der Waals surface area (Å²) in [4.78, 5) is 30.5. The molecular formula is C22H13F4N7O2S. The van der Waals surface area contributed by atoms with Gasteiger partial charge in [0.1, 0.15) is 28.1 Å². The van der Waals surface area contributed by atoms with Gasteiger partial charge in [0.25, 0.3) is 5.89 Å². The molecule has 0 saturated carbocycles. The van der Waals surface area contributed by atoms with Crippen LogP contribution in [0.3, 0.4) is 0 Å². The molecule has 6 rings (SSSR count). The van der Waals surface area contributed by atoms with E-state index < -0.39 is 29.5 Å². The second-order valence-corrected chi connectivity index (χ2v) is 8.96. The summed E-state index contributed by atoms with van der Waals surface area (Å²) in [6.07, 6.45) is -1.91. The van der Waals surface area contributed by atoms with E-state index in [9.17, 15) is 22.4 Å². The van der Waals surface area contributed by atoms with Gasteiger partial charge in [-0.2, -0.15) is 13.2 Å². The van der Waals surface area contributed by atoms with Crippen LogP contribution in [-0.4, -0.2) is 47.5 Å². The van der Waals surface area contributed by atoms with Gasteiger partial charge in [-0.05, 0) is 24.3 Å². The number of pyridine rings is 1. The summed E-state index contributed by atoms with van der Waals surface area (Å²) < 4.78 is 58.9. The number of halogens is 4. The Morgan fingerprint density at radius 1 is 1.17 bits per heavy atom. The van der Waals surface area contributed by atoms with E-state index in [4.69, 9.17) is 4.42 Å². The number of carbonyl (C=O) groups excluding carboxylic acids is 1. The van der Waals surface area contributed by atoms with E-state index in [1.807, 2.05) is 0 Å². The Hall–Kier alpha value is -4.20. The third kappa shape index (κ3) is 3.69. The maximum Gasteiger partial charge on any atom is 0.417 e. The highest BCUT2D eigenvalue weighted by atomic mass is 32.1. The van der Waals surface area contributed by atoms with Gasteiger partial charge in [0.05, 0.1) is 22.3 Å². The zero-order valence-corrected chi connectivity index (χ0v) is 18.8. The van der Waals surface area contributed by atoms with Crippen molar-refractivity contribution >= 4 is 27.5 Å². The average Bonchev–Trinajstić information content (AvgIpc) is 3.62. The summed E-state index contributed by atoms with van der Waals surface area (Å²) in [6.45, 7) is 0.257. The summed E-state index contributed by atoms with van der Waals surface area (Å²) in [5.41, 5.74) is 0.643. The zero-order chi connectivity index (χ0) is 25.0. The molecule has 182 valence electrons. The summed E-state index contributed by atoms with van der Waals surface area (Å²) in [5, 5.41) is 8.03. The first kappa shape index (κ1) is 22.3. The first-order chi connectivity index (χ1) is 17.3. The Labute approximate surface area is 202 Å². The number of benzene rings is 1. The molecule has 0 bridgehead atoms. The first-order valence-corrected chi connectivity index (χ1v) is 11.4. The molecule has 1 aliphatic rings. The SMILES string of the molecule is O=C(c1nnc(-c2ccc(C(F)(F)F)cn2)o1)N1CCc2[nH]cnc2[C@H]1c1nc2c(F)cccc2s1. The van der Waals surface area contributed by atoms with Crippen molar-refractivity contribution in [2.45, 2.75) is 18.6 Å². The molecule has 1 amide bonds. The zero-order valence-electron chi connectivity index (χ0n) is 18.0. The van der Waals surface area contributed by atoms with E-state index in [0.29, 0.717) is 28.0 Å². The number of carbonyl (C=O) groups is 1. The van der Waals surface area contributed by atoms with Gasteiger partial charge in [-0.15, -0.1) is 21.5 Å². The van der Waals surface area contributed by atoms with Crippen LogP contribution < -0.4 is 0 Å². The Kier molecular flexibility index (Phi) is 5.07. The second-order valence-electron chi connectivity index (χ2n) is 7.90.